The van der Waals surface area contributed by atoms with Crippen LogP contribution in [0.15, 0.2) is 24.3 Å². The van der Waals surface area contributed by atoms with E-state index in [9.17, 15) is 10.1 Å². The average molecular weight is 182 g/mol. The van der Waals surface area contributed by atoms with Gasteiger partial charge in [-0.3, -0.25) is 10.1 Å². The number of hydrogen-bond donors (Lipinski definition) is 1. The molecule has 0 radical (unpaired) electrons. The lowest BCUT2D eigenvalue weighted by Gasteiger charge is -2.03. The van der Waals surface area contributed by atoms with Crippen LogP contribution in [0.1, 0.15) is 0 Å². The Morgan fingerprint density at radius 1 is 1.46 bits per heavy atom. The molecule has 0 spiro atoms. The maximum Gasteiger partial charge on any atom is 0.310 e. The Morgan fingerprint density at radius 2 is 2.15 bits per heavy atom. The van der Waals surface area contributed by atoms with E-state index in [-0.39, 0.29) is 18.0 Å². The highest BCUT2D eigenvalue weighted by Crippen LogP contribution is 2.25. The molecular weight excluding hydrogens is 172 g/mol. The van der Waals surface area contributed by atoms with Crippen molar-refractivity contribution in [2.75, 3.05) is 13.2 Å². The highest BCUT2D eigenvalue weighted by molar-refractivity contribution is 5.45. The number of para-hydroxylation sites is 2. The molecule has 0 aromatic heterocycles. The first kappa shape index (κ1) is 9.47. The summed E-state index contributed by atoms with van der Waals surface area (Å²) in [4.78, 5) is 10.00. The molecule has 70 valence electrons. The second kappa shape index (κ2) is 4.42. The van der Waals surface area contributed by atoms with E-state index in [1.165, 1.54) is 6.07 Å². The fourth-order valence-electron chi connectivity index (χ4n) is 0.899. The fourth-order valence-corrected chi connectivity index (χ4v) is 0.899. The van der Waals surface area contributed by atoms with Crippen LogP contribution in [0.25, 0.3) is 0 Å². The van der Waals surface area contributed by atoms with Crippen LogP contribution in [0.5, 0.6) is 5.75 Å². The molecule has 1 rings (SSSR count). The van der Waals surface area contributed by atoms with E-state index >= 15 is 0 Å². The molecule has 5 nitrogen and oxygen atoms in total. The Balaban J connectivity index is 2.84. The first-order valence-corrected chi connectivity index (χ1v) is 3.82. The molecule has 0 aliphatic heterocycles. The summed E-state index contributed by atoms with van der Waals surface area (Å²) < 4.78 is 5.08. The quantitative estimate of drug-likeness (QED) is 0.555. The van der Waals surface area contributed by atoms with E-state index in [4.69, 9.17) is 10.5 Å². The lowest BCUT2D eigenvalue weighted by Crippen LogP contribution is -2.11. The van der Waals surface area contributed by atoms with E-state index in [2.05, 4.69) is 0 Å². The van der Waals surface area contributed by atoms with Gasteiger partial charge in [-0.2, -0.15) is 0 Å². The Bertz CT molecular complexity index is 301. The van der Waals surface area contributed by atoms with Crippen molar-refractivity contribution in [2.24, 2.45) is 5.73 Å². The smallest absolute Gasteiger partial charge is 0.310 e. The summed E-state index contributed by atoms with van der Waals surface area (Å²) in [5.41, 5.74) is 5.18. The normalized spacial score (nSPS) is 9.62. The number of nitrogens with two attached hydrogens (primary N) is 1. The summed E-state index contributed by atoms with van der Waals surface area (Å²) in [6, 6.07) is 6.21. The lowest BCUT2D eigenvalue weighted by atomic mass is 10.3. The zero-order valence-corrected chi connectivity index (χ0v) is 6.97. The molecule has 0 fully saturated rings. The van der Waals surface area contributed by atoms with Crippen LogP contribution < -0.4 is 10.5 Å². The summed E-state index contributed by atoms with van der Waals surface area (Å²) >= 11 is 0. The molecule has 0 unspecified atom stereocenters. The van der Waals surface area contributed by atoms with Crippen LogP contribution in [-0.4, -0.2) is 18.1 Å². The van der Waals surface area contributed by atoms with Crippen LogP contribution in [0.4, 0.5) is 5.69 Å². The molecule has 0 aliphatic carbocycles. The zero-order chi connectivity index (χ0) is 9.68. The predicted molar refractivity (Wildman–Crippen MR) is 47.6 cm³/mol. The van der Waals surface area contributed by atoms with E-state index < -0.39 is 4.92 Å². The van der Waals surface area contributed by atoms with Crippen molar-refractivity contribution in [3.8, 4) is 5.75 Å². The third kappa shape index (κ3) is 2.41. The van der Waals surface area contributed by atoms with Gasteiger partial charge in [-0.05, 0) is 6.07 Å². The number of hydrogen-bond acceptors (Lipinski definition) is 4. The van der Waals surface area contributed by atoms with Gasteiger partial charge in [0.25, 0.3) is 0 Å². The summed E-state index contributed by atoms with van der Waals surface area (Å²) in [6.45, 7) is 0.622. The third-order valence-electron chi connectivity index (χ3n) is 1.44. The van der Waals surface area contributed by atoms with Crippen LogP contribution in [0, 0.1) is 10.1 Å². The molecule has 0 amide bonds. The predicted octanol–water partition coefficient (Wildman–Crippen LogP) is 0.932. The van der Waals surface area contributed by atoms with Crippen molar-refractivity contribution in [3.63, 3.8) is 0 Å². The van der Waals surface area contributed by atoms with Gasteiger partial charge in [-0.1, -0.05) is 12.1 Å². The topological polar surface area (TPSA) is 78.4 Å². The molecule has 0 bridgehead atoms. The van der Waals surface area contributed by atoms with Crippen molar-refractivity contribution in [2.45, 2.75) is 0 Å². The number of nitro benzene ring substituents is 1. The highest BCUT2D eigenvalue weighted by Gasteiger charge is 2.12. The van der Waals surface area contributed by atoms with Gasteiger partial charge in [-0.25, -0.2) is 0 Å². The van der Waals surface area contributed by atoms with Crippen LogP contribution in [0.2, 0.25) is 0 Å². The van der Waals surface area contributed by atoms with Crippen molar-refractivity contribution < 1.29 is 9.66 Å². The van der Waals surface area contributed by atoms with Gasteiger partial charge in [0.05, 0.1) is 4.92 Å². The van der Waals surface area contributed by atoms with E-state index in [1.807, 2.05) is 0 Å². The van der Waals surface area contributed by atoms with Crippen LogP contribution >= 0.6 is 0 Å². The molecule has 0 heterocycles. The van der Waals surface area contributed by atoms with Gasteiger partial charge in [0.2, 0.25) is 0 Å². The number of rotatable bonds is 4. The van der Waals surface area contributed by atoms with Crippen molar-refractivity contribution >= 4 is 5.69 Å². The first-order valence-electron chi connectivity index (χ1n) is 3.82. The van der Waals surface area contributed by atoms with Gasteiger partial charge < -0.3 is 10.5 Å². The minimum Gasteiger partial charge on any atom is -0.485 e. The van der Waals surface area contributed by atoms with Crippen molar-refractivity contribution in [1.29, 1.82) is 0 Å². The maximum absolute atomic E-state index is 10.5. The second-order valence-electron chi connectivity index (χ2n) is 2.36. The molecule has 1 aromatic carbocycles. The number of benzene rings is 1. The van der Waals surface area contributed by atoms with Gasteiger partial charge >= 0.3 is 5.69 Å². The van der Waals surface area contributed by atoms with Crippen LogP contribution in [0.3, 0.4) is 0 Å². The monoisotopic (exact) mass is 182 g/mol. The minimum atomic E-state index is -0.480. The van der Waals surface area contributed by atoms with Gasteiger partial charge in [-0.15, -0.1) is 0 Å². The first-order chi connectivity index (χ1) is 6.25. The van der Waals surface area contributed by atoms with Gasteiger partial charge in [0.1, 0.15) is 6.61 Å². The molecule has 5 heteroatoms. The van der Waals surface area contributed by atoms with E-state index in [0.717, 1.165) is 0 Å². The Hall–Kier alpha value is -1.62. The molecule has 0 saturated carbocycles. The van der Waals surface area contributed by atoms with Gasteiger partial charge in [0, 0.05) is 12.6 Å². The molecule has 0 saturated heterocycles. The minimum absolute atomic E-state index is 0.0315. The molecule has 1 aromatic rings. The molecular formula is C8H10N2O3. The van der Waals surface area contributed by atoms with E-state index in [0.29, 0.717) is 6.54 Å². The molecule has 2 N–H and O–H groups in total. The number of ether oxygens (including phenoxy) is 1. The summed E-state index contributed by atoms with van der Waals surface area (Å²) in [5, 5.41) is 10.5. The summed E-state index contributed by atoms with van der Waals surface area (Å²) in [5.74, 6) is 0.262. The van der Waals surface area contributed by atoms with Crippen molar-refractivity contribution in [3.05, 3.63) is 34.4 Å². The molecule has 0 aliphatic rings. The average Bonchev–Trinajstić information content (AvgIpc) is 2.15. The largest absolute Gasteiger partial charge is 0.485 e. The Kier molecular flexibility index (Phi) is 3.22. The molecule has 13 heavy (non-hydrogen) atoms. The standard InChI is InChI=1S/C8H10N2O3/c9-5-6-13-8-4-2-1-3-7(8)10(11)12/h1-4H,5-6,9H2. The number of nitrogens with zero attached hydrogens (tertiary/aromatic N) is 1. The molecule has 0 atom stereocenters. The Morgan fingerprint density at radius 3 is 2.77 bits per heavy atom. The highest BCUT2D eigenvalue weighted by atomic mass is 16.6. The maximum atomic E-state index is 10.5. The zero-order valence-electron chi connectivity index (χ0n) is 6.97. The summed E-state index contributed by atoms with van der Waals surface area (Å²) in [7, 11) is 0. The second-order valence-corrected chi connectivity index (χ2v) is 2.36. The lowest BCUT2D eigenvalue weighted by molar-refractivity contribution is -0.385. The third-order valence-corrected chi connectivity index (χ3v) is 1.44. The SMILES string of the molecule is NCCOc1ccccc1[N+](=O)[O-]. The van der Waals surface area contributed by atoms with E-state index in [1.54, 1.807) is 18.2 Å². The number of nitro groups is 1. The fraction of sp³-hybridized carbons (Fsp3) is 0.250. The summed E-state index contributed by atoms with van der Waals surface area (Å²) in [6.07, 6.45) is 0. The van der Waals surface area contributed by atoms with Gasteiger partial charge in [0.15, 0.2) is 5.75 Å². The van der Waals surface area contributed by atoms with Crippen LogP contribution in [-0.2, 0) is 0 Å². The van der Waals surface area contributed by atoms with Crippen molar-refractivity contribution in [1.82, 2.24) is 0 Å². The Labute approximate surface area is 75.3 Å².